The Morgan fingerprint density at radius 2 is 1.19 bits per heavy atom. The van der Waals surface area contributed by atoms with Crippen molar-refractivity contribution in [3.63, 3.8) is 0 Å². The van der Waals surface area contributed by atoms with Gasteiger partial charge in [-0.15, -0.1) is 0 Å². The van der Waals surface area contributed by atoms with Crippen molar-refractivity contribution in [3.8, 4) is 0 Å². The first-order valence-electron chi connectivity index (χ1n) is 7.35. The molecule has 2 aromatic carbocycles. The van der Waals surface area contributed by atoms with Crippen LogP contribution in [0.25, 0.3) is 12.2 Å². The van der Waals surface area contributed by atoms with Gasteiger partial charge in [-0.05, 0) is 25.2 Å². The van der Waals surface area contributed by atoms with Gasteiger partial charge >= 0.3 is 0 Å². The van der Waals surface area contributed by atoms with Gasteiger partial charge in [0.1, 0.15) is 0 Å². The Labute approximate surface area is 128 Å². The van der Waals surface area contributed by atoms with E-state index in [0.717, 1.165) is 6.54 Å². The van der Waals surface area contributed by atoms with Crippen LogP contribution in [0.5, 0.6) is 0 Å². The lowest BCUT2D eigenvalue weighted by molar-refractivity contribution is 0.386. The lowest BCUT2D eigenvalue weighted by Gasteiger charge is -2.14. The van der Waals surface area contributed by atoms with E-state index in [1.165, 1.54) is 11.1 Å². The average Bonchev–Trinajstić information content (AvgIpc) is 2.51. The molecule has 0 N–H and O–H groups in total. The van der Waals surface area contributed by atoms with E-state index < -0.39 is 0 Å². The van der Waals surface area contributed by atoms with Gasteiger partial charge in [-0.1, -0.05) is 85.0 Å². The quantitative estimate of drug-likeness (QED) is 0.746. The minimum atomic E-state index is 0.403. The maximum Gasteiger partial charge on any atom is 0.00806 e. The van der Waals surface area contributed by atoms with E-state index in [1.807, 2.05) is 12.1 Å². The monoisotopic (exact) mass is 277 g/mol. The Morgan fingerprint density at radius 3 is 1.57 bits per heavy atom. The number of hydrogen-bond acceptors (Lipinski definition) is 1. The van der Waals surface area contributed by atoms with Gasteiger partial charge in [-0.2, -0.15) is 0 Å². The molecule has 0 heterocycles. The van der Waals surface area contributed by atoms with Crippen molar-refractivity contribution in [3.05, 3.63) is 83.9 Å². The van der Waals surface area contributed by atoms with Gasteiger partial charge in [-0.3, -0.25) is 0 Å². The molecule has 0 spiro atoms. The van der Waals surface area contributed by atoms with E-state index in [2.05, 4.69) is 91.8 Å². The lowest BCUT2D eigenvalue weighted by atomic mass is 10.0. The second-order valence-electron chi connectivity index (χ2n) is 5.47. The lowest BCUT2D eigenvalue weighted by Crippen LogP contribution is -2.19. The summed E-state index contributed by atoms with van der Waals surface area (Å²) in [7, 11) is 4.22. The van der Waals surface area contributed by atoms with Crippen molar-refractivity contribution in [1.29, 1.82) is 0 Å². The van der Waals surface area contributed by atoms with Crippen molar-refractivity contribution in [2.45, 2.75) is 0 Å². The summed E-state index contributed by atoms with van der Waals surface area (Å²) in [5, 5.41) is 0. The zero-order chi connectivity index (χ0) is 14.9. The molecule has 0 aliphatic carbocycles. The second kappa shape index (κ2) is 8.23. The smallest absolute Gasteiger partial charge is 0.00806 e. The Bertz CT molecular complexity index is 518. The molecule has 0 unspecified atom stereocenters. The summed E-state index contributed by atoms with van der Waals surface area (Å²) in [4.78, 5) is 2.22. The Hall–Kier alpha value is -2.12. The predicted octanol–water partition coefficient (Wildman–Crippen LogP) is 4.59. The van der Waals surface area contributed by atoms with Gasteiger partial charge in [0.05, 0.1) is 0 Å². The van der Waals surface area contributed by atoms with E-state index in [-0.39, 0.29) is 0 Å². The van der Waals surface area contributed by atoms with E-state index in [1.54, 1.807) is 0 Å². The Kier molecular flexibility index (Phi) is 5.99. The Balaban J connectivity index is 2.07. The molecule has 0 aliphatic rings. The highest BCUT2D eigenvalue weighted by Gasteiger charge is 2.02. The standard InChI is InChI=1S/C20H23N/c1-21(2)17-20(15-13-18-9-5-3-6-10-18)16-14-19-11-7-4-8-12-19/h3-16,20H,17H2,1-2H3. The van der Waals surface area contributed by atoms with Gasteiger partial charge in [0.15, 0.2) is 0 Å². The highest BCUT2D eigenvalue weighted by molar-refractivity contribution is 5.52. The van der Waals surface area contributed by atoms with Crippen LogP contribution in [-0.4, -0.2) is 25.5 Å². The molecule has 1 heteroatoms. The normalized spacial score (nSPS) is 13.3. The first-order chi connectivity index (χ1) is 10.2. The van der Waals surface area contributed by atoms with Crippen LogP contribution in [0.2, 0.25) is 0 Å². The molecule has 0 saturated carbocycles. The fraction of sp³-hybridized carbons (Fsp3) is 0.200. The third-order valence-corrected chi connectivity index (χ3v) is 3.25. The van der Waals surface area contributed by atoms with Crippen molar-refractivity contribution in [1.82, 2.24) is 4.90 Å². The SMILES string of the molecule is CN(C)CC(C=Cc1ccccc1)C=Cc1ccccc1. The molecule has 0 atom stereocenters. The van der Waals surface area contributed by atoms with Gasteiger partial charge in [-0.25, -0.2) is 0 Å². The maximum atomic E-state index is 2.27. The van der Waals surface area contributed by atoms with Gasteiger partial charge in [0.2, 0.25) is 0 Å². The third-order valence-electron chi connectivity index (χ3n) is 3.25. The summed E-state index contributed by atoms with van der Waals surface area (Å²) in [6, 6.07) is 20.9. The summed E-state index contributed by atoms with van der Waals surface area (Å²) in [6.07, 6.45) is 8.94. The van der Waals surface area contributed by atoms with Crippen LogP contribution in [-0.2, 0) is 0 Å². The van der Waals surface area contributed by atoms with Gasteiger partial charge in [0.25, 0.3) is 0 Å². The second-order valence-corrected chi connectivity index (χ2v) is 5.47. The van der Waals surface area contributed by atoms with E-state index in [9.17, 15) is 0 Å². The molecule has 0 saturated heterocycles. The molecule has 2 rings (SSSR count). The molecule has 0 fully saturated rings. The van der Waals surface area contributed by atoms with Crippen LogP contribution in [0.4, 0.5) is 0 Å². The van der Waals surface area contributed by atoms with Crippen LogP contribution in [0.15, 0.2) is 72.8 Å². The van der Waals surface area contributed by atoms with Crippen LogP contribution >= 0.6 is 0 Å². The predicted molar refractivity (Wildman–Crippen MR) is 93.0 cm³/mol. The van der Waals surface area contributed by atoms with Crippen molar-refractivity contribution < 1.29 is 0 Å². The molecule has 0 radical (unpaired) electrons. The molecule has 1 nitrogen and oxygen atoms in total. The zero-order valence-corrected chi connectivity index (χ0v) is 12.8. The minimum absolute atomic E-state index is 0.403. The van der Waals surface area contributed by atoms with Gasteiger partial charge < -0.3 is 4.90 Å². The van der Waals surface area contributed by atoms with E-state index in [4.69, 9.17) is 0 Å². The highest BCUT2D eigenvalue weighted by Crippen LogP contribution is 2.11. The molecule has 0 aromatic heterocycles. The van der Waals surface area contributed by atoms with Crippen LogP contribution < -0.4 is 0 Å². The molecular weight excluding hydrogens is 254 g/mol. The number of benzene rings is 2. The number of hydrogen-bond donors (Lipinski definition) is 0. The fourth-order valence-corrected chi connectivity index (χ4v) is 2.21. The summed E-state index contributed by atoms with van der Waals surface area (Å²) in [5.74, 6) is 0.403. The van der Waals surface area contributed by atoms with E-state index >= 15 is 0 Å². The number of nitrogens with zero attached hydrogens (tertiary/aromatic N) is 1. The molecule has 0 amide bonds. The summed E-state index contributed by atoms with van der Waals surface area (Å²) < 4.78 is 0. The summed E-state index contributed by atoms with van der Waals surface area (Å²) in [5.41, 5.74) is 2.49. The summed E-state index contributed by atoms with van der Waals surface area (Å²) >= 11 is 0. The first kappa shape index (κ1) is 15.3. The van der Waals surface area contributed by atoms with Crippen LogP contribution in [0.3, 0.4) is 0 Å². The van der Waals surface area contributed by atoms with Gasteiger partial charge in [0, 0.05) is 12.5 Å². The largest absolute Gasteiger partial charge is 0.309 e. The van der Waals surface area contributed by atoms with Crippen molar-refractivity contribution in [2.75, 3.05) is 20.6 Å². The highest BCUT2D eigenvalue weighted by atomic mass is 15.1. The maximum absolute atomic E-state index is 2.27. The molecular formula is C20H23N. The van der Waals surface area contributed by atoms with Crippen LogP contribution in [0.1, 0.15) is 11.1 Å². The third kappa shape index (κ3) is 5.80. The van der Waals surface area contributed by atoms with Crippen molar-refractivity contribution in [2.24, 2.45) is 5.92 Å². The van der Waals surface area contributed by atoms with E-state index in [0.29, 0.717) is 5.92 Å². The molecule has 21 heavy (non-hydrogen) atoms. The minimum Gasteiger partial charge on any atom is -0.309 e. The molecule has 0 aliphatic heterocycles. The van der Waals surface area contributed by atoms with Crippen LogP contribution in [0, 0.1) is 5.92 Å². The zero-order valence-electron chi connectivity index (χ0n) is 12.8. The first-order valence-corrected chi connectivity index (χ1v) is 7.35. The Morgan fingerprint density at radius 1 is 0.762 bits per heavy atom. The summed E-state index contributed by atoms with van der Waals surface area (Å²) in [6.45, 7) is 1.01. The average molecular weight is 277 g/mol. The fourth-order valence-electron chi connectivity index (χ4n) is 2.21. The van der Waals surface area contributed by atoms with Crippen molar-refractivity contribution >= 4 is 12.2 Å². The molecule has 0 bridgehead atoms. The number of rotatable bonds is 6. The topological polar surface area (TPSA) is 3.24 Å². The molecule has 108 valence electrons. The molecule has 2 aromatic rings.